The summed E-state index contributed by atoms with van der Waals surface area (Å²) < 4.78 is 19.0. The number of amides is 2. The van der Waals surface area contributed by atoms with Gasteiger partial charge in [-0.25, -0.2) is 9.18 Å². The quantitative estimate of drug-likeness (QED) is 0.875. The maximum absolute atomic E-state index is 13.1. The highest BCUT2D eigenvalue weighted by atomic mass is 19.1. The van der Waals surface area contributed by atoms with Gasteiger partial charge in [0, 0.05) is 12.6 Å². The summed E-state index contributed by atoms with van der Waals surface area (Å²) in [5.74, 6) is 2.95. The van der Waals surface area contributed by atoms with E-state index in [1.807, 2.05) is 4.90 Å². The second-order valence-corrected chi connectivity index (χ2v) is 8.76. The van der Waals surface area contributed by atoms with Crippen LogP contribution in [0.25, 0.3) is 0 Å². The number of carbonyl (C=O) groups is 1. The van der Waals surface area contributed by atoms with Gasteiger partial charge in [0.25, 0.3) is 0 Å². The van der Waals surface area contributed by atoms with E-state index >= 15 is 0 Å². The summed E-state index contributed by atoms with van der Waals surface area (Å²) in [6, 6.07) is 6.82. The molecular formula is C21H27FN2O2. The molecule has 6 rings (SSSR count). The van der Waals surface area contributed by atoms with Gasteiger partial charge in [0.15, 0.2) is 0 Å². The molecule has 26 heavy (non-hydrogen) atoms. The molecule has 1 aromatic carbocycles. The predicted octanol–water partition coefficient (Wildman–Crippen LogP) is 3.73. The summed E-state index contributed by atoms with van der Waals surface area (Å²) >= 11 is 0. The van der Waals surface area contributed by atoms with Crippen LogP contribution in [0.5, 0.6) is 0 Å². The minimum atomic E-state index is -0.249. The van der Waals surface area contributed by atoms with Gasteiger partial charge in [-0.15, -0.1) is 0 Å². The molecule has 4 saturated carbocycles. The number of morpholine rings is 1. The molecule has 0 radical (unpaired) electrons. The van der Waals surface area contributed by atoms with Gasteiger partial charge in [-0.05, 0) is 73.5 Å². The minimum Gasteiger partial charge on any atom is -0.370 e. The zero-order valence-corrected chi connectivity index (χ0v) is 15.1. The number of hydrogen-bond donors (Lipinski definition) is 1. The van der Waals surface area contributed by atoms with Crippen LogP contribution in [0.4, 0.5) is 9.18 Å². The van der Waals surface area contributed by atoms with E-state index in [9.17, 15) is 9.18 Å². The Kier molecular flexibility index (Phi) is 4.15. The zero-order chi connectivity index (χ0) is 17.7. The van der Waals surface area contributed by atoms with Gasteiger partial charge < -0.3 is 15.0 Å². The molecule has 1 aliphatic heterocycles. The standard InChI is InChI=1S/C21H27FN2O2/c22-18-3-1-15(2-4-18)19-12-24(5-6-26-19)21(25)23-20-16-8-13-7-14(10-16)11-17(20)9-13/h1-4,13-14,16-17,19-20H,5-12H2,(H,23,25). The third kappa shape index (κ3) is 3.00. The second kappa shape index (κ2) is 6.52. The number of rotatable bonds is 2. The summed E-state index contributed by atoms with van der Waals surface area (Å²) in [6.45, 7) is 1.68. The lowest BCUT2D eigenvalue weighted by atomic mass is 9.54. The Bertz CT molecular complexity index is 649. The molecule has 4 nitrogen and oxygen atoms in total. The van der Waals surface area contributed by atoms with Gasteiger partial charge in [0.1, 0.15) is 11.9 Å². The molecule has 0 aromatic heterocycles. The molecule has 0 spiro atoms. The molecule has 2 amide bonds. The predicted molar refractivity (Wildman–Crippen MR) is 96.0 cm³/mol. The normalized spacial score (nSPS) is 38.4. The number of ether oxygens (including phenoxy) is 1. The highest BCUT2D eigenvalue weighted by molar-refractivity contribution is 5.74. The van der Waals surface area contributed by atoms with E-state index in [1.165, 1.54) is 44.2 Å². The van der Waals surface area contributed by atoms with E-state index in [0.717, 1.165) is 17.4 Å². The van der Waals surface area contributed by atoms with Crippen molar-refractivity contribution in [1.82, 2.24) is 10.2 Å². The monoisotopic (exact) mass is 358 g/mol. The van der Waals surface area contributed by atoms with Crippen molar-refractivity contribution < 1.29 is 13.9 Å². The smallest absolute Gasteiger partial charge is 0.317 e. The van der Waals surface area contributed by atoms with Crippen molar-refractivity contribution in [3.05, 3.63) is 35.6 Å². The molecule has 1 aromatic rings. The van der Waals surface area contributed by atoms with Crippen LogP contribution in [0, 0.1) is 29.5 Å². The van der Waals surface area contributed by atoms with E-state index < -0.39 is 0 Å². The Labute approximate surface area is 154 Å². The molecule has 5 aliphatic rings. The van der Waals surface area contributed by atoms with E-state index in [0.29, 0.717) is 37.6 Å². The van der Waals surface area contributed by atoms with Crippen molar-refractivity contribution >= 4 is 6.03 Å². The largest absolute Gasteiger partial charge is 0.370 e. The van der Waals surface area contributed by atoms with Crippen LogP contribution in [-0.4, -0.2) is 36.7 Å². The molecular weight excluding hydrogens is 331 g/mol. The molecule has 1 heterocycles. The van der Waals surface area contributed by atoms with Gasteiger partial charge in [-0.1, -0.05) is 12.1 Å². The first-order valence-corrected chi connectivity index (χ1v) is 10.1. The zero-order valence-electron chi connectivity index (χ0n) is 15.1. The topological polar surface area (TPSA) is 41.6 Å². The van der Waals surface area contributed by atoms with Gasteiger partial charge >= 0.3 is 6.03 Å². The van der Waals surface area contributed by atoms with Crippen LogP contribution < -0.4 is 5.32 Å². The fraction of sp³-hybridized carbons (Fsp3) is 0.667. The van der Waals surface area contributed by atoms with Crippen LogP contribution in [0.1, 0.15) is 43.8 Å². The summed E-state index contributed by atoms with van der Waals surface area (Å²) in [7, 11) is 0. The molecule has 5 heteroatoms. The van der Waals surface area contributed by atoms with E-state index in [4.69, 9.17) is 4.74 Å². The summed E-state index contributed by atoms with van der Waals surface area (Å²) in [6.07, 6.45) is 6.47. The Balaban J connectivity index is 1.23. The fourth-order valence-electron chi connectivity index (χ4n) is 6.11. The molecule has 1 saturated heterocycles. The van der Waals surface area contributed by atoms with E-state index in [-0.39, 0.29) is 18.0 Å². The molecule has 1 atom stereocenters. The SMILES string of the molecule is O=C(NC1C2CC3CC(C2)CC1C3)N1CCOC(c2ccc(F)cc2)C1. The summed E-state index contributed by atoms with van der Waals surface area (Å²) in [5.41, 5.74) is 0.929. The van der Waals surface area contributed by atoms with Crippen molar-refractivity contribution in [2.75, 3.05) is 19.7 Å². The lowest BCUT2D eigenvalue weighted by molar-refractivity contribution is -0.0265. The Hall–Kier alpha value is -1.62. The highest BCUT2D eigenvalue weighted by Crippen LogP contribution is 2.53. The van der Waals surface area contributed by atoms with Crippen molar-refractivity contribution in [1.29, 1.82) is 0 Å². The maximum atomic E-state index is 13.1. The average molecular weight is 358 g/mol. The third-order valence-corrected chi connectivity index (χ3v) is 7.11. The third-order valence-electron chi connectivity index (χ3n) is 7.11. The van der Waals surface area contributed by atoms with Gasteiger partial charge in [-0.3, -0.25) is 0 Å². The summed E-state index contributed by atoms with van der Waals surface area (Å²) in [4.78, 5) is 14.8. The van der Waals surface area contributed by atoms with Crippen LogP contribution in [0.3, 0.4) is 0 Å². The lowest BCUT2D eigenvalue weighted by Gasteiger charge is -2.54. The first-order valence-electron chi connectivity index (χ1n) is 10.1. The van der Waals surface area contributed by atoms with Crippen molar-refractivity contribution in [3.8, 4) is 0 Å². The fourth-order valence-corrected chi connectivity index (χ4v) is 6.11. The number of carbonyl (C=O) groups excluding carboxylic acids is 1. The number of hydrogen-bond acceptors (Lipinski definition) is 2. The van der Waals surface area contributed by atoms with Gasteiger partial charge in [-0.2, -0.15) is 0 Å². The number of nitrogens with zero attached hydrogens (tertiary/aromatic N) is 1. The van der Waals surface area contributed by atoms with Crippen molar-refractivity contribution in [3.63, 3.8) is 0 Å². The first-order chi connectivity index (χ1) is 12.7. The lowest BCUT2D eigenvalue weighted by Crippen LogP contribution is -2.59. The molecule has 1 N–H and O–H groups in total. The van der Waals surface area contributed by atoms with E-state index in [2.05, 4.69) is 5.32 Å². The number of halogens is 1. The Morgan fingerprint density at radius 1 is 1.04 bits per heavy atom. The Morgan fingerprint density at radius 2 is 1.69 bits per heavy atom. The van der Waals surface area contributed by atoms with Crippen LogP contribution in [0.15, 0.2) is 24.3 Å². The van der Waals surface area contributed by atoms with Crippen LogP contribution >= 0.6 is 0 Å². The number of urea groups is 1. The van der Waals surface area contributed by atoms with Crippen molar-refractivity contribution in [2.24, 2.45) is 23.7 Å². The summed E-state index contributed by atoms with van der Waals surface area (Å²) in [5, 5.41) is 3.38. The molecule has 4 bridgehead atoms. The molecule has 140 valence electrons. The second-order valence-electron chi connectivity index (χ2n) is 8.76. The van der Waals surface area contributed by atoms with Crippen LogP contribution in [0.2, 0.25) is 0 Å². The van der Waals surface area contributed by atoms with E-state index in [1.54, 1.807) is 12.1 Å². The maximum Gasteiger partial charge on any atom is 0.317 e. The Morgan fingerprint density at radius 3 is 2.35 bits per heavy atom. The highest BCUT2D eigenvalue weighted by Gasteiger charge is 2.49. The van der Waals surface area contributed by atoms with Crippen LogP contribution in [-0.2, 0) is 4.74 Å². The number of benzene rings is 1. The van der Waals surface area contributed by atoms with Gasteiger partial charge in [0.05, 0.1) is 13.2 Å². The molecule has 5 fully saturated rings. The minimum absolute atomic E-state index is 0.0536. The number of nitrogens with one attached hydrogen (secondary N) is 1. The average Bonchev–Trinajstić information content (AvgIpc) is 2.65. The molecule has 1 unspecified atom stereocenters. The van der Waals surface area contributed by atoms with Gasteiger partial charge in [0.2, 0.25) is 0 Å². The van der Waals surface area contributed by atoms with Crippen molar-refractivity contribution in [2.45, 2.75) is 44.2 Å². The molecule has 4 aliphatic carbocycles. The first kappa shape index (κ1) is 16.5.